The van der Waals surface area contributed by atoms with Crippen LogP contribution in [-0.4, -0.2) is 61.8 Å². The molecule has 7 nitrogen and oxygen atoms in total. The summed E-state index contributed by atoms with van der Waals surface area (Å²) in [6.07, 6.45) is 6.61. The highest BCUT2D eigenvalue weighted by atomic mass is 32.2. The van der Waals surface area contributed by atoms with Crippen LogP contribution in [0.4, 0.5) is 0 Å². The van der Waals surface area contributed by atoms with Gasteiger partial charge in [0.25, 0.3) is 0 Å². The fourth-order valence-electron chi connectivity index (χ4n) is 3.27. The molecule has 1 aliphatic carbocycles. The van der Waals surface area contributed by atoms with Crippen molar-refractivity contribution in [2.24, 2.45) is 5.73 Å². The molecule has 8 heteroatoms. The van der Waals surface area contributed by atoms with E-state index in [-0.39, 0.29) is 17.7 Å². The van der Waals surface area contributed by atoms with E-state index in [1.165, 1.54) is 0 Å². The van der Waals surface area contributed by atoms with Crippen LogP contribution in [0.3, 0.4) is 0 Å². The summed E-state index contributed by atoms with van der Waals surface area (Å²) < 4.78 is 25.7. The molecule has 0 aliphatic heterocycles. The van der Waals surface area contributed by atoms with E-state index in [1.807, 2.05) is 13.8 Å². The molecule has 0 spiro atoms. The Bertz CT molecular complexity index is 529. The van der Waals surface area contributed by atoms with Gasteiger partial charge in [-0.15, -0.1) is 0 Å². The van der Waals surface area contributed by atoms with Crippen LogP contribution in [0, 0.1) is 0 Å². The van der Waals surface area contributed by atoms with Crippen molar-refractivity contribution < 1.29 is 18.0 Å². The Kier molecular flexibility index (Phi) is 10.2. The molecule has 0 radical (unpaired) electrons. The summed E-state index contributed by atoms with van der Waals surface area (Å²) >= 11 is 0. The van der Waals surface area contributed by atoms with Gasteiger partial charge in [-0.05, 0) is 45.1 Å². The Morgan fingerprint density at radius 3 is 2.31 bits per heavy atom. The zero-order chi connectivity index (χ0) is 19.6. The zero-order valence-corrected chi connectivity index (χ0v) is 17.0. The van der Waals surface area contributed by atoms with Gasteiger partial charge in [-0.25, -0.2) is 8.42 Å². The number of amides is 2. The predicted octanol–water partition coefficient (Wildman–Crippen LogP) is 1.21. The normalized spacial score (nSPS) is 15.7. The van der Waals surface area contributed by atoms with Gasteiger partial charge in [-0.1, -0.05) is 26.7 Å². The van der Waals surface area contributed by atoms with Gasteiger partial charge in [0.05, 0.1) is 11.0 Å². The van der Waals surface area contributed by atoms with Crippen LogP contribution < -0.4 is 11.1 Å². The smallest absolute Gasteiger partial charge is 0.246 e. The summed E-state index contributed by atoms with van der Waals surface area (Å²) in [7, 11) is -3.47. The lowest BCUT2D eigenvalue weighted by Crippen LogP contribution is -2.51. The van der Waals surface area contributed by atoms with Crippen LogP contribution in [-0.2, 0) is 19.4 Å². The maximum absolute atomic E-state index is 12.9. The number of nitrogens with zero attached hydrogens (tertiary/aromatic N) is 1. The molecule has 0 saturated heterocycles. The summed E-state index contributed by atoms with van der Waals surface area (Å²) in [4.78, 5) is 25.7. The highest BCUT2D eigenvalue weighted by molar-refractivity contribution is 7.92. The van der Waals surface area contributed by atoms with Gasteiger partial charge >= 0.3 is 0 Å². The first kappa shape index (κ1) is 22.9. The van der Waals surface area contributed by atoms with E-state index in [2.05, 4.69) is 5.32 Å². The minimum atomic E-state index is -3.47. The molecule has 0 aromatic heterocycles. The highest BCUT2D eigenvalue weighted by Gasteiger charge is 2.38. The second-order valence-electron chi connectivity index (χ2n) is 7.12. The molecular formula is C18H35N3O4S. The van der Waals surface area contributed by atoms with Gasteiger partial charge in [-0.3, -0.25) is 9.59 Å². The number of carbonyl (C=O) groups is 2. The molecule has 2 amide bonds. The number of hydrogen-bond donors (Lipinski definition) is 2. The molecule has 1 atom stereocenters. The van der Waals surface area contributed by atoms with Crippen LogP contribution in [0.5, 0.6) is 0 Å². The summed E-state index contributed by atoms with van der Waals surface area (Å²) in [5.74, 6) is -0.609. The van der Waals surface area contributed by atoms with E-state index < -0.39 is 21.1 Å². The van der Waals surface area contributed by atoms with Gasteiger partial charge < -0.3 is 16.0 Å². The fourth-order valence-corrected chi connectivity index (χ4v) is 5.44. The molecule has 26 heavy (non-hydrogen) atoms. The number of hydrogen-bond acceptors (Lipinski definition) is 5. The maximum atomic E-state index is 12.9. The van der Waals surface area contributed by atoms with Crippen molar-refractivity contribution >= 4 is 22.2 Å². The lowest BCUT2D eigenvalue weighted by Gasteiger charge is -2.28. The molecular weight excluding hydrogens is 354 g/mol. The number of sulfone groups is 1. The quantitative estimate of drug-likeness (QED) is 0.323. The number of carbonyl (C=O) groups excluding carboxylic acids is 2. The largest absolute Gasteiger partial charge is 0.346 e. The van der Waals surface area contributed by atoms with E-state index in [9.17, 15) is 18.0 Å². The summed E-state index contributed by atoms with van der Waals surface area (Å²) in [6, 6.07) is -0.840. The molecule has 1 saturated carbocycles. The van der Waals surface area contributed by atoms with Gasteiger partial charge in [0, 0.05) is 12.6 Å². The van der Waals surface area contributed by atoms with Crippen molar-refractivity contribution in [3.05, 3.63) is 0 Å². The van der Waals surface area contributed by atoms with Crippen molar-refractivity contribution in [2.45, 2.75) is 82.5 Å². The lowest BCUT2D eigenvalue weighted by atomic mass is 10.2. The van der Waals surface area contributed by atoms with Crippen molar-refractivity contribution in [1.82, 2.24) is 10.2 Å². The van der Waals surface area contributed by atoms with E-state index in [0.29, 0.717) is 32.3 Å². The summed E-state index contributed by atoms with van der Waals surface area (Å²) in [6.45, 7) is 5.03. The Morgan fingerprint density at radius 2 is 1.85 bits per heavy atom. The zero-order valence-electron chi connectivity index (χ0n) is 16.2. The van der Waals surface area contributed by atoms with E-state index in [1.54, 1.807) is 4.90 Å². The van der Waals surface area contributed by atoms with Gasteiger partial charge in [0.1, 0.15) is 6.04 Å². The molecule has 1 fully saturated rings. The third-order valence-corrected chi connectivity index (χ3v) is 7.10. The average Bonchev–Trinajstić information content (AvgIpc) is 3.42. The first-order valence-corrected chi connectivity index (χ1v) is 11.5. The topological polar surface area (TPSA) is 110 Å². The van der Waals surface area contributed by atoms with Crippen LogP contribution in [0.25, 0.3) is 0 Å². The average molecular weight is 390 g/mol. The first-order valence-electron chi connectivity index (χ1n) is 9.83. The molecule has 1 aliphatic rings. The number of unbranched alkanes of at least 4 members (excludes halogenated alkanes) is 1. The molecule has 0 aromatic rings. The van der Waals surface area contributed by atoms with Crippen LogP contribution in [0.1, 0.15) is 65.2 Å². The maximum Gasteiger partial charge on any atom is 0.246 e. The number of rotatable bonds is 15. The van der Waals surface area contributed by atoms with Crippen molar-refractivity contribution in [3.63, 3.8) is 0 Å². The van der Waals surface area contributed by atoms with Crippen molar-refractivity contribution in [3.8, 4) is 0 Å². The summed E-state index contributed by atoms with van der Waals surface area (Å²) in [5, 5.41) is 2.00. The third-order valence-electron chi connectivity index (χ3n) is 4.82. The van der Waals surface area contributed by atoms with E-state index >= 15 is 0 Å². The molecule has 0 bridgehead atoms. The van der Waals surface area contributed by atoms with Crippen molar-refractivity contribution in [1.29, 1.82) is 0 Å². The highest BCUT2D eigenvalue weighted by Crippen LogP contribution is 2.28. The molecule has 0 heterocycles. The van der Waals surface area contributed by atoms with Crippen LogP contribution in [0.2, 0.25) is 0 Å². The monoisotopic (exact) mass is 389 g/mol. The minimum absolute atomic E-state index is 0.168. The predicted molar refractivity (Wildman–Crippen MR) is 103 cm³/mol. The Morgan fingerprint density at radius 1 is 1.23 bits per heavy atom. The van der Waals surface area contributed by atoms with Crippen molar-refractivity contribution in [2.75, 3.05) is 18.8 Å². The number of nitrogens with two attached hydrogens (primary N) is 1. The third kappa shape index (κ3) is 7.23. The molecule has 1 rings (SSSR count). The fraction of sp³-hybridized carbons (Fsp3) is 0.889. The number of nitrogens with one attached hydrogen (secondary N) is 1. The van der Waals surface area contributed by atoms with Crippen LogP contribution in [0.15, 0.2) is 0 Å². The van der Waals surface area contributed by atoms with Crippen LogP contribution >= 0.6 is 0 Å². The SMILES string of the molecule is CCCC(CCC)S(=O)(=O)CC(NC=O)C(=O)N(CCCCN)C1CC1. The standard InChI is InChI=1S/C18H35N3O4S/c1-3-7-16(8-4-2)26(24,25)13-17(20-14-22)18(23)21(15-9-10-15)12-6-5-11-19/h14-17H,3-13,19H2,1-2H3,(H,20,22). The summed E-state index contributed by atoms with van der Waals surface area (Å²) in [5.41, 5.74) is 5.52. The molecule has 3 N–H and O–H groups in total. The Labute approximate surface area is 158 Å². The van der Waals surface area contributed by atoms with Gasteiger partial charge in [-0.2, -0.15) is 0 Å². The van der Waals surface area contributed by atoms with E-state index in [0.717, 1.165) is 38.5 Å². The lowest BCUT2D eigenvalue weighted by molar-refractivity contribution is -0.134. The molecule has 0 aromatic carbocycles. The van der Waals surface area contributed by atoms with Gasteiger partial charge in [0.2, 0.25) is 12.3 Å². The van der Waals surface area contributed by atoms with E-state index in [4.69, 9.17) is 5.73 Å². The second kappa shape index (κ2) is 11.5. The van der Waals surface area contributed by atoms with Gasteiger partial charge in [0.15, 0.2) is 9.84 Å². The Hall–Kier alpha value is -1.15. The molecule has 152 valence electrons. The second-order valence-corrected chi connectivity index (χ2v) is 9.45. The molecule has 1 unspecified atom stereocenters. The Balaban J connectivity index is 2.87. The first-order chi connectivity index (χ1) is 12.4. The minimum Gasteiger partial charge on any atom is -0.346 e.